The number of nitriles is 1. The largest absolute Gasteiger partial charge is 0.457 e. The second-order valence-electron chi connectivity index (χ2n) is 6.28. The van der Waals surface area contributed by atoms with Gasteiger partial charge in [-0.2, -0.15) is 5.26 Å². The van der Waals surface area contributed by atoms with Crippen molar-refractivity contribution in [3.05, 3.63) is 80.8 Å². The summed E-state index contributed by atoms with van der Waals surface area (Å²) < 4.78 is 8.27. The Morgan fingerprint density at radius 2 is 2.07 bits per heavy atom. The molecule has 0 N–H and O–H groups in total. The zero-order valence-electron chi connectivity index (χ0n) is 15.2. The molecule has 0 aliphatic heterocycles. The Bertz CT molecular complexity index is 1330. The fourth-order valence-corrected chi connectivity index (χ4v) is 3.63. The summed E-state index contributed by atoms with van der Waals surface area (Å²) in [7, 11) is 1.86. The van der Waals surface area contributed by atoms with Crippen LogP contribution < -0.4 is 0 Å². The molecule has 0 aliphatic carbocycles. The van der Waals surface area contributed by atoms with Crippen LogP contribution in [0.25, 0.3) is 34.0 Å². The van der Waals surface area contributed by atoms with Crippen molar-refractivity contribution in [2.45, 2.75) is 0 Å². The molecular formula is C21H13BrN4O3. The number of halogens is 1. The van der Waals surface area contributed by atoms with E-state index >= 15 is 0 Å². The number of imidazole rings is 1. The first-order valence-corrected chi connectivity index (χ1v) is 9.35. The zero-order chi connectivity index (χ0) is 20.5. The van der Waals surface area contributed by atoms with Crippen LogP contribution in [-0.4, -0.2) is 14.5 Å². The third kappa shape index (κ3) is 3.44. The number of aromatic nitrogens is 2. The quantitative estimate of drug-likeness (QED) is 0.231. The SMILES string of the molecule is Cn1c(/C(C#N)=C/c2ccc(-c3ccc([N+](=O)[O-])cc3Br)o2)nc2ccccc21. The predicted octanol–water partition coefficient (Wildman–Crippen LogP) is 5.57. The first-order chi connectivity index (χ1) is 14.0. The van der Waals surface area contributed by atoms with Crippen LogP contribution in [0, 0.1) is 21.4 Å². The number of aryl methyl sites for hydroxylation is 1. The van der Waals surface area contributed by atoms with Gasteiger partial charge in [0.15, 0.2) is 5.82 Å². The lowest BCUT2D eigenvalue weighted by Crippen LogP contribution is -1.95. The van der Waals surface area contributed by atoms with Gasteiger partial charge in [-0.3, -0.25) is 10.1 Å². The number of nitro benzene ring substituents is 1. The van der Waals surface area contributed by atoms with Crippen molar-refractivity contribution < 1.29 is 9.34 Å². The fraction of sp³-hybridized carbons (Fsp3) is 0.0476. The predicted molar refractivity (Wildman–Crippen MR) is 113 cm³/mol. The highest BCUT2D eigenvalue weighted by Gasteiger charge is 2.15. The topological polar surface area (TPSA) is 97.9 Å². The Labute approximate surface area is 173 Å². The van der Waals surface area contributed by atoms with Crippen LogP contribution >= 0.6 is 15.9 Å². The van der Waals surface area contributed by atoms with E-state index in [-0.39, 0.29) is 5.69 Å². The Hall–Kier alpha value is -3.70. The van der Waals surface area contributed by atoms with Gasteiger partial charge in [0.1, 0.15) is 17.6 Å². The van der Waals surface area contributed by atoms with E-state index in [4.69, 9.17) is 4.42 Å². The highest BCUT2D eigenvalue weighted by atomic mass is 79.9. The number of hydrogen-bond acceptors (Lipinski definition) is 5. The fourth-order valence-electron chi connectivity index (χ4n) is 3.07. The molecule has 8 heteroatoms. The molecule has 0 saturated heterocycles. The van der Waals surface area contributed by atoms with Crippen LogP contribution in [0.15, 0.2) is 63.5 Å². The third-order valence-electron chi connectivity index (χ3n) is 4.49. The monoisotopic (exact) mass is 448 g/mol. The summed E-state index contributed by atoms with van der Waals surface area (Å²) in [6.45, 7) is 0. The molecule has 4 aromatic rings. The maximum atomic E-state index is 10.9. The number of non-ortho nitro benzene ring substituents is 1. The Balaban J connectivity index is 1.72. The van der Waals surface area contributed by atoms with Crippen molar-refractivity contribution in [2.75, 3.05) is 0 Å². The van der Waals surface area contributed by atoms with Gasteiger partial charge in [-0.15, -0.1) is 0 Å². The van der Waals surface area contributed by atoms with Crippen molar-refractivity contribution in [1.29, 1.82) is 5.26 Å². The minimum Gasteiger partial charge on any atom is -0.457 e. The van der Waals surface area contributed by atoms with Gasteiger partial charge in [-0.05, 0) is 46.3 Å². The molecule has 0 radical (unpaired) electrons. The average molecular weight is 449 g/mol. The van der Waals surface area contributed by atoms with E-state index in [9.17, 15) is 15.4 Å². The van der Waals surface area contributed by atoms with Gasteiger partial charge in [0.2, 0.25) is 0 Å². The summed E-state index contributed by atoms with van der Waals surface area (Å²) in [5.74, 6) is 1.55. The van der Waals surface area contributed by atoms with Gasteiger partial charge in [0.25, 0.3) is 5.69 Å². The number of fused-ring (bicyclic) bond motifs is 1. The van der Waals surface area contributed by atoms with E-state index in [1.54, 1.807) is 24.3 Å². The number of nitro groups is 1. The van der Waals surface area contributed by atoms with Crippen LogP contribution in [0.2, 0.25) is 0 Å². The molecule has 7 nitrogen and oxygen atoms in total. The van der Waals surface area contributed by atoms with Crippen LogP contribution in [0.4, 0.5) is 5.69 Å². The smallest absolute Gasteiger partial charge is 0.270 e. The minimum atomic E-state index is -0.457. The first kappa shape index (κ1) is 18.7. The van der Waals surface area contributed by atoms with E-state index in [0.29, 0.717) is 33.0 Å². The van der Waals surface area contributed by atoms with Crippen molar-refractivity contribution in [3.8, 4) is 17.4 Å². The van der Waals surface area contributed by atoms with Gasteiger partial charge >= 0.3 is 0 Å². The molecule has 0 fully saturated rings. The third-order valence-corrected chi connectivity index (χ3v) is 5.15. The molecule has 0 unspecified atom stereocenters. The summed E-state index contributed by atoms with van der Waals surface area (Å²) in [5, 5.41) is 20.6. The van der Waals surface area contributed by atoms with Gasteiger partial charge in [-0.25, -0.2) is 4.98 Å². The number of rotatable bonds is 4. The molecule has 0 spiro atoms. The molecule has 142 valence electrons. The molecule has 4 rings (SSSR count). The van der Waals surface area contributed by atoms with Crippen LogP contribution in [0.5, 0.6) is 0 Å². The van der Waals surface area contributed by atoms with Gasteiger partial charge in [0, 0.05) is 35.3 Å². The van der Waals surface area contributed by atoms with E-state index in [2.05, 4.69) is 27.0 Å². The van der Waals surface area contributed by atoms with Crippen molar-refractivity contribution in [3.63, 3.8) is 0 Å². The number of para-hydroxylation sites is 2. The number of benzene rings is 2. The second kappa shape index (κ2) is 7.37. The number of furan rings is 1. The molecule has 2 heterocycles. The number of nitrogens with zero attached hydrogens (tertiary/aromatic N) is 4. The van der Waals surface area contributed by atoms with Crippen LogP contribution in [0.3, 0.4) is 0 Å². The van der Waals surface area contributed by atoms with E-state index in [0.717, 1.165) is 11.0 Å². The Morgan fingerprint density at radius 1 is 1.28 bits per heavy atom. The van der Waals surface area contributed by atoms with Crippen LogP contribution in [-0.2, 0) is 7.05 Å². The van der Waals surface area contributed by atoms with Crippen LogP contribution in [0.1, 0.15) is 11.6 Å². The maximum absolute atomic E-state index is 10.9. The molecule has 0 saturated carbocycles. The summed E-state index contributed by atoms with van der Waals surface area (Å²) in [5.41, 5.74) is 2.77. The molecule has 0 bridgehead atoms. The van der Waals surface area contributed by atoms with Gasteiger partial charge in [-0.1, -0.05) is 12.1 Å². The van der Waals surface area contributed by atoms with Crippen molar-refractivity contribution >= 4 is 44.3 Å². The van der Waals surface area contributed by atoms with Crippen molar-refractivity contribution in [2.24, 2.45) is 7.05 Å². The maximum Gasteiger partial charge on any atom is 0.270 e. The van der Waals surface area contributed by atoms with E-state index in [1.807, 2.05) is 35.9 Å². The molecule has 0 aliphatic rings. The standard InChI is InChI=1S/C21H13BrN4O3/c1-25-19-5-3-2-4-18(19)24-21(25)13(12-23)10-15-7-9-20(29-15)16-8-6-14(26(27)28)11-17(16)22/h2-11H,1H3/b13-10+. The normalized spacial score (nSPS) is 11.6. The minimum absolute atomic E-state index is 0.0130. The molecule has 2 aromatic heterocycles. The van der Waals surface area contributed by atoms with E-state index < -0.39 is 4.92 Å². The Kier molecular flexibility index (Phi) is 4.74. The summed E-state index contributed by atoms with van der Waals surface area (Å²) in [6, 6.07) is 17.8. The second-order valence-corrected chi connectivity index (χ2v) is 7.13. The lowest BCUT2D eigenvalue weighted by molar-refractivity contribution is -0.384. The lowest BCUT2D eigenvalue weighted by Gasteiger charge is -2.01. The summed E-state index contributed by atoms with van der Waals surface area (Å²) in [6.07, 6.45) is 1.63. The van der Waals surface area contributed by atoms with Gasteiger partial charge < -0.3 is 8.98 Å². The molecule has 2 aromatic carbocycles. The zero-order valence-corrected chi connectivity index (χ0v) is 16.8. The summed E-state index contributed by atoms with van der Waals surface area (Å²) >= 11 is 3.35. The lowest BCUT2D eigenvalue weighted by atomic mass is 10.1. The van der Waals surface area contributed by atoms with Gasteiger partial charge in [0.05, 0.1) is 21.5 Å². The van der Waals surface area contributed by atoms with Crippen molar-refractivity contribution in [1.82, 2.24) is 9.55 Å². The highest BCUT2D eigenvalue weighted by molar-refractivity contribution is 9.10. The number of hydrogen-bond donors (Lipinski definition) is 0. The Morgan fingerprint density at radius 3 is 2.76 bits per heavy atom. The highest BCUT2D eigenvalue weighted by Crippen LogP contribution is 2.33. The molecule has 0 amide bonds. The average Bonchev–Trinajstić information content (AvgIpc) is 3.31. The first-order valence-electron chi connectivity index (χ1n) is 8.55. The molecule has 29 heavy (non-hydrogen) atoms. The molecule has 0 atom stereocenters. The molecular weight excluding hydrogens is 436 g/mol. The number of allylic oxidation sites excluding steroid dienone is 1. The van der Waals surface area contributed by atoms with E-state index in [1.165, 1.54) is 12.1 Å². The summed E-state index contributed by atoms with van der Waals surface area (Å²) in [4.78, 5) is 15.0.